The number of fused-ring (bicyclic) bond motifs is 2. The fourth-order valence-electron chi connectivity index (χ4n) is 10.7. The predicted molar refractivity (Wildman–Crippen MR) is 346 cm³/mol. The Bertz CT molecular complexity index is 3110. The number of carbonyl (C=O) groups excluding carboxylic acids is 3. The summed E-state index contributed by atoms with van der Waals surface area (Å²) in [7, 11) is -9.13. The van der Waals surface area contributed by atoms with E-state index in [1.165, 1.54) is 12.0 Å². The number of pyridine rings is 1. The smallest absolute Gasteiger partial charge is 0.254 e. The van der Waals surface area contributed by atoms with Crippen LogP contribution in [0, 0.1) is 0 Å². The van der Waals surface area contributed by atoms with E-state index in [9.17, 15) is 44.4 Å². The first kappa shape index (κ1) is 74.8. The molecule has 0 saturated carbocycles. The molecule has 6 aliphatic heterocycles. The van der Waals surface area contributed by atoms with Gasteiger partial charge in [-0.3, -0.25) is 19.2 Å². The van der Waals surface area contributed by atoms with E-state index in [2.05, 4.69) is 62.3 Å². The Morgan fingerprint density at radius 1 is 0.365 bits per heavy atom. The molecule has 2 aromatic carbocycles. The van der Waals surface area contributed by atoms with Crippen LogP contribution in [0.5, 0.6) is 0 Å². The molecule has 3 aromatic rings. The van der Waals surface area contributed by atoms with Crippen LogP contribution in [0.4, 0.5) is 0 Å². The molecule has 7 heterocycles. The van der Waals surface area contributed by atoms with Crippen LogP contribution in [0.2, 0.25) is 0 Å². The molecule has 0 atom stereocenters. The van der Waals surface area contributed by atoms with Crippen LogP contribution in [0.15, 0.2) is 82.6 Å². The molecule has 20 heteroatoms. The third-order valence-corrected chi connectivity index (χ3v) is 21.6. The first-order valence-corrected chi connectivity index (χ1v) is 35.0. The number of piperidine rings is 1. The average molecular weight is 1240 g/mol. The van der Waals surface area contributed by atoms with Crippen LogP contribution in [-0.4, -0.2) is 153 Å². The summed E-state index contributed by atoms with van der Waals surface area (Å²) in [4.78, 5) is 52.3. The highest BCUT2D eigenvalue weighted by Gasteiger charge is 2.41. The fraction of sp³-hybridized carbons (Fsp3) is 0.692. The van der Waals surface area contributed by atoms with Crippen molar-refractivity contribution in [2.24, 2.45) is 0 Å². The summed E-state index contributed by atoms with van der Waals surface area (Å²) in [5, 5.41) is 0. The van der Waals surface area contributed by atoms with Crippen molar-refractivity contribution in [2.75, 3.05) is 44.2 Å². The summed E-state index contributed by atoms with van der Waals surface area (Å²) in [6.45, 7) is 46.7. The zero-order valence-corrected chi connectivity index (χ0v) is 58.3. The molecule has 17 nitrogen and oxygen atoms in total. The van der Waals surface area contributed by atoms with Gasteiger partial charge >= 0.3 is 0 Å². The molecule has 3 amide bonds. The third-order valence-electron chi connectivity index (χ3n) is 15.0. The Morgan fingerprint density at radius 3 is 1.16 bits per heavy atom. The molecule has 0 bridgehead atoms. The van der Waals surface area contributed by atoms with Gasteiger partial charge in [-0.25, -0.2) is 25.3 Å². The topological polar surface area (TPSA) is 195 Å². The van der Waals surface area contributed by atoms with Crippen LogP contribution in [0.1, 0.15) is 218 Å². The van der Waals surface area contributed by atoms with E-state index in [0.717, 1.165) is 82.1 Å². The van der Waals surface area contributed by atoms with E-state index < -0.39 is 30.1 Å². The molecule has 6 aliphatic rings. The molecule has 4 fully saturated rings. The monoisotopic (exact) mass is 1240 g/mol. The van der Waals surface area contributed by atoms with Crippen molar-refractivity contribution in [3.8, 4) is 0 Å². The van der Waals surface area contributed by atoms with Gasteiger partial charge in [0.2, 0.25) is 41.9 Å². The number of rotatable bonds is 0. The molecule has 0 spiro atoms. The SMILES string of the molecule is CC(C)(C)N1CCCC1=O.CC(C)(C)N1CCCCC1=O.CC(C)(C)N1CCCCS1(=O)=O.CC(C)(C)N1CCCS1(=O)=O.CC(C)(C)N1CCc2ccccc2C1=O.CC(C)(C)N1Cc2ccccc2S1(=O)=O.CC(C)(C)n1ccccc1=O. The molecule has 0 aliphatic carbocycles. The second-order valence-corrected chi connectivity index (χ2v) is 35.4. The van der Waals surface area contributed by atoms with Crippen molar-refractivity contribution in [2.45, 2.75) is 253 Å². The number of nitrogens with zero attached hydrogens (tertiary/aromatic N) is 7. The van der Waals surface area contributed by atoms with Gasteiger partial charge in [0.25, 0.3) is 11.5 Å². The van der Waals surface area contributed by atoms with Gasteiger partial charge in [-0.15, -0.1) is 0 Å². The van der Waals surface area contributed by atoms with Crippen molar-refractivity contribution in [1.82, 2.24) is 32.2 Å². The molecule has 0 unspecified atom stereocenters. The maximum absolute atomic E-state index is 12.2. The Balaban J connectivity index is 0.000000261. The highest BCUT2D eigenvalue weighted by Crippen LogP contribution is 2.35. The van der Waals surface area contributed by atoms with Crippen LogP contribution in [-0.2, 0) is 58.2 Å². The number of aromatic nitrogens is 1. The lowest BCUT2D eigenvalue weighted by atomic mass is 9.94. The maximum atomic E-state index is 12.2. The Labute approximate surface area is 514 Å². The van der Waals surface area contributed by atoms with Crippen molar-refractivity contribution in [3.63, 3.8) is 0 Å². The van der Waals surface area contributed by atoms with Crippen molar-refractivity contribution in [1.29, 1.82) is 0 Å². The first-order valence-electron chi connectivity index (χ1n) is 30.4. The number of carbonyl (C=O) groups is 3. The molecule has 1 aromatic heterocycles. The summed E-state index contributed by atoms with van der Waals surface area (Å²) >= 11 is 0. The number of likely N-dealkylation sites (tertiary alicyclic amines) is 2. The van der Waals surface area contributed by atoms with E-state index in [-0.39, 0.29) is 50.2 Å². The molecular formula is C65H109N7O10S3. The number of benzene rings is 2. The minimum absolute atomic E-state index is 0.0253. The summed E-state index contributed by atoms with van der Waals surface area (Å²) in [6.07, 6.45) is 10.1. The maximum Gasteiger partial charge on any atom is 0.254 e. The normalized spacial score (nSPS) is 20.0. The highest BCUT2D eigenvalue weighted by atomic mass is 32.2. The predicted octanol–water partition coefficient (Wildman–Crippen LogP) is 11.3. The van der Waals surface area contributed by atoms with Crippen molar-refractivity contribution in [3.05, 3.63) is 100.0 Å². The quantitative estimate of drug-likeness (QED) is 0.209. The van der Waals surface area contributed by atoms with Gasteiger partial charge < -0.3 is 19.3 Å². The zero-order valence-electron chi connectivity index (χ0n) is 55.9. The average Bonchev–Trinajstić information content (AvgIpc) is 2.00. The summed E-state index contributed by atoms with van der Waals surface area (Å²) in [5.74, 6) is 1.45. The molecular weight excluding hydrogens is 1130 g/mol. The largest absolute Gasteiger partial charge is 0.338 e. The van der Waals surface area contributed by atoms with Crippen molar-refractivity contribution >= 4 is 47.8 Å². The molecule has 4 saturated heterocycles. The Kier molecular flexibility index (Phi) is 25.7. The van der Waals surface area contributed by atoms with E-state index in [0.29, 0.717) is 47.8 Å². The zero-order chi connectivity index (χ0) is 65.2. The van der Waals surface area contributed by atoms with E-state index in [1.54, 1.807) is 41.7 Å². The molecule has 0 N–H and O–H groups in total. The van der Waals surface area contributed by atoms with Gasteiger partial charge in [0.05, 0.1) is 16.4 Å². The number of amides is 3. The standard InChI is InChI=1S/C13H17NO.C11H15NO2S.C9H17NO.C9H13NO.C8H17NO2S.C8H15NO.C7H15NO2S/c1-13(2,3)14-9-8-10-6-4-5-7-11(10)12(14)15;1-11(2,3)12-8-9-6-4-5-7-10(9)15(12,13)14;2*1-9(2,3)10-7-5-4-6-8(10)11;1-8(2,3)9-6-4-5-7-12(9,10)11;1-8(2,3)9-6-4-5-7(9)10;1-7(2,3)8-5-4-6-11(8,9)10/h4-7H,8-9H2,1-3H3;4-7H,8H2,1-3H3;4-7H2,1-3H3;4-7H,1-3H3;4-7H2,1-3H3;4-6H2,1-3H3;4-6H2,1-3H3. The number of sulfonamides is 3. The lowest BCUT2D eigenvalue weighted by Gasteiger charge is -2.39. The summed E-state index contributed by atoms with van der Waals surface area (Å²) in [6, 6.07) is 20.3. The third kappa shape index (κ3) is 22.0. The summed E-state index contributed by atoms with van der Waals surface area (Å²) < 4.78 is 76.6. The van der Waals surface area contributed by atoms with E-state index >= 15 is 0 Å². The Morgan fingerprint density at radius 2 is 0.788 bits per heavy atom. The van der Waals surface area contributed by atoms with Crippen LogP contribution in [0.3, 0.4) is 0 Å². The van der Waals surface area contributed by atoms with Gasteiger partial charge in [0.15, 0.2) is 0 Å². The lowest BCUT2D eigenvalue weighted by Crippen LogP contribution is -2.49. The Hall–Kier alpha value is -4.47. The molecule has 85 heavy (non-hydrogen) atoms. The van der Waals surface area contributed by atoms with E-state index in [1.807, 2.05) is 146 Å². The lowest BCUT2D eigenvalue weighted by molar-refractivity contribution is -0.138. The van der Waals surface area contributed by atoms with Gasteiger partial charge in [-0.1, -0.05) is 42.5 Å². The second kappa shape index (κ2) is 29.2. The number of hydrogen-bond acceptors (Lipinski definition) is 10. The minimum atomic E-state index is -3.27. The van der Waals surface area contributed by atoms with Gasteiger partial charge in [-0.2, -0.15) is 12.9 Å². The van der Waals surface area contributed by atoms with Gasteiger partial charge in [0, 0.05) is 109 Å². The molecule has 9 rings (SSSR count). The van der Waals surface area contributed by atoms with Gasteiger partial charge in [-0.05, 0) is 220 Å². The second-order valence-electron chi connectivity index (χ2n) is 29.6. The van der Waals surface area contributed by atoms with E-state index in [4.69, 9.17) is 0 Å². The fourth-order valence-corrected chi connectivity index (χ4v) is 16.7. The minimum Gasteiger partial charge on any atom is -0.338 e. The molecule has 0 radical (unpaired) electrons. The summed E-state index contributed by atoms with van der Waals surface area (Å²) in [5.41, 5.74) is 2.02. The first-order chi connectivity index (χ1) is 38.6. The van der Waals surface area contributed by atoms with Crippen LogP contribution < -0.4 is 5.56 Å². The highest BCUT2D eigenvalue weighted by molar-refractivity contribution is 7.89. The van der Waals surface area contributed by atoms with Crippen molar-refractivity contribution < 1.29 is 39.6 Å². The van der Waals surface area contributed by atoms with Gasteiger partial charge in [0.1, 0.15) is 0 Å². The molecule has 482 valence electrons. The van der Waals surface area contributed by atoms with Crippen LogP contribution >= 0.6 is 0 Å². The van der Waals surface area contributed by atoms with Crippen LogP contribution in [0.25, 0.3) is 0 Å². The number of hydrogen-bond donors (Lipinski definition) is 0.